The second-order valence-corrected chi connectivity index (χ2v) is 14.4. The SMILES string of the molecule is Cc1cccc(C)c1-c1cc(Oc2cccc(-c3cc4c(cn3)oc3cc5c(cc34)CC3(Cc4ccccc4C3)C5)n2)[c-]c(-c2[c-]cccc2)c1.[Pt+2]. The first-order chi connectivity index (χ1) is 25.0. The molecular formula is C47H34N2O2Pt. The van der Waals surface area contributed by atoms with Gasteiger partial charge in [0.25, 0.3) is 0 Å². The second kappa shape index (κ2) is 12.7. The van der Waals surface area contributed by atoms with Crippen LogP contribution in [0, 0.1) is 31.4 Å². The van der Waals surface area contributed by atoms with Crippen LogP contribution in [0.4, 0.5) is 0 Å². The Bertz CT molecular complexity index is 2610. The molecule has 1 spiro atoms. The zero-order valence-corrected chi connectivity index (χ0v) is 31.2. The van der Waals surface area contributed by atoms with Crippen LogP contribution in [-0.4, -0.2) is 9.97 Å². The molecule has 0 unspecified atom stereocenters. The summed E-state index contributed by atoms with van der Waals surface area (Å²) in [6, 6.07) is 46.9. The van der Waals surface area contributed by atoms with Gasteiger partial charge in [0.05, 0.1) is 17.6 Å². The Morgan fingerprint density at radius 2 is 1.37 bits per heavy atom. The average molecular weight is 854 g/mol. The molecule has 5 aromatic carbocycles. The number of aryl methyl sites for hydroxylation is 2. The molecule has 0 amide bonds. The Kier molecular flexibility index (Phi) is 7.97. The summed E-state index contributed by atoms with van der Waals surface area (Å²) in [4.78, 5) is 9.72. The number of rotatable bonds is 5. The third-order valence-corrected chi connectivity index (χ3v) is 10.9. The third-order valence-electron chi connectivity index (χ3n) is 10.9. The maximum Gasteiger partial charge on any atom is 2.00 e. The summed E-state index contributed by atoms with van der Waals surface area (Å²) < 4.78 is 12.9. The van der Waals surface area contributed by atoms with E-state index in [0.29, 0.717) is 11.6 Å². The molecule has 0 N–H and O–H groups in total. The summed E-state index contributed by atoms with van der Waals surface area (Å²) in [5, 5.41) is 2.19. The van der Waals surface area contributed by atoms with Crippen LogP contribution in [-0.2, 0) is 46.7 Å². The molecule has 52 heavy (non-hydrogen) atoms. The molecule has 5 heteroatoms. The van der Waals surface area contributed by atoms with E-state index in [1.807, 2.05) is 54.7 Å². The van der Waals surface area contributed by atoms with Gasteiger partial charge in [-0.1, -0.05) is 54.6 Å². The molecule has 0 fully saturated rings. The molecule has 0 bridgehead atoms. The van der Waals surface area contributed by atoms with Crippen molar-refractivity contribution in [2.24, 2.45) is 5.41 Å². The number of furan rings is 1. The summed E-state index contributed by atoms with van der Waals surface area (Å²) in [6.07, 6.45) is 6.32. The van der Waals surface area contributed by atoms with Gasteiger partial charge >= 0.3 is 21.1 Å². The number of hydrogen-bond acceptors (Lipinski definition) is 4. The van der Waals surface area contributed by atoms with Gasteiger partial charge in [-0.3, -0.25) is 4.98 Å². The maximum absolute atomic E-state index is 6.48. The Morgan fingerprint density at radius 3 is 2.13 bits per heavy atom. The molecule has 0 saturated carbocycles. The fraction of sp³-hybridized carbons (Fsp3) is 0.149. The number of nitrogens with zero attached hydrogens (tertiary/aromatic N) is 2. The number of ether oxygens (including phenoxy) is 1. The molecular weight excluding hydrogens is 820 g/mol. The molecule has 0 atom stereocenters. The summed E-state index contributed by atoms with van der Waals surface area (Å²) in [7, 11) is 0. The van der Waals surface area contributed by atoms with Crippen molar-refractivity contribution in [1.82, 2.24) is 9.97 Å². The molecule has 0 saturated heterocycles. The largest absolute Gasteiger partial charge is 2.00 e. The standard InChI is InChI=1S/C47H34N2O2.Pt/c1-29-10-8-11-30(2)46(29)35-18-34(31-12-4-3-5-13-31)19-38(20-35)50-45-17-9-16-41(49-45)42-23-40-39-21-36-26-47(24-32-14-6-7-15-33(32)25-47)27-37(36)22-43(39)51-44(40)28-48-42;/h3-12,14-18,20-23,28H,24-27H2,1-2H3;/q-2;+2. The van der Waals surface area contributed by atoms with Gasteiger partial charge in [-0.25, -0.2) is 16.1 Å². The van der Waals surface area contributed by atoms with Crippen molar-refractivity contribution < 1.29 is 30.2 Å². The summed E-state index contributed by atoms with van der Waals surface area (Å²) in [6.45, 7) is 4.29. The Hall–Kier alpha value is -5.31. The van der Waals surface area contributed by atoms with E-state index in [0.717, 1.165) is 75.7 Å². The summed E-state index contributed by atoms with van der Waals surface area (Å²) in [5.41, 5.74) is 15.9. The van der Waals surface area contributed by atoms with Crippen LogP contribution in [0.5, 0.6) is 11.6 Å². The van der Waals surface area contributed by atoms with E-state index in [-0.39, 0.29) is 26.5 Å². The average Bonchev–Trinajstić information content (AvgIpc) is 3.80. The van der Waals surface area contributed by atoms with Gasteiger partial charge in [0.15, 0.2) is 5.58 Å². The van der Waals surface area contributed by atoms with E-state index in [2.05, 4.69) is 92.7 Å². The van der Waals surface area contributed by atoms with Gasteiger partial charge in [-0.05, 0) is 108 Å². The zero-order valence-electron chi connectivity index (χ0n) is 28.9. The molecule has 10 rings (SSSR count). The molecule has 0 aliphatic heterocycles. The first kappa shape index (κ1) is 32.6. The van der Waals surface area contributed by atoms with Gasteiger partial charge < -0.3 is 9.15 Å². The quantitative estimate of drug-likeness (QED) is 0.162. The zero-order chi connectivity index (χ0) is 34.1. The van der Waals surface area contributed by atoms with Crippen molar-refractivity contribution >= 4 is 21.9 Å². The minimum Gasteiger partial charge on any atom is -0.460 e. The van der Waals surface area contributed by atoms with Crippen LogP contribution in [0.15, 0.2) is 126 Å². The Labute approximate surface area is 317 Å². The predicted octanol–water partition coefficient (Wildman–Crippen LogP) is 11.3. The van der Waals surface area contributed by atoms with Crippen LogP contribution >= 0.6 is 0 Å². The number of pyridine rings is 2. The van der Waals surface area contributed by atoms with Crippen molar-refractivity contribution in [2.45, 2.75) is 39.5 Å². The topological polar surface area (TPSA) is 48.2 Å². The van der Waals surface area contributed by atoms with Gasteiger partial charge in [0, 0.05) is 22.6 Å². The molecule has 0 radical (unpaired) electrons. The van der Waals surface area contributed by atoms with Gasteiger partial charge in [0.2, 0.25) is 5.88 Å². The van der Waals surface area contributed by atoms with E-state index in [4.69, 9.17) is 19.1 Å². The fourth-order valence-electron chi connectivity index (χ4n) is 8.62. The molecule has 254 valence electrons. The fourth-order valence-corrected chi connectivity index (χ4v) is 8.62. The van der Waals surface area contributed by atoms with Crippen LogP contribution in [0.2, 0.25) is 0 Å². The van der Waals surface area contributed by atoms with Gasteiger partial charge in [0.1, 0.15) is 5.58 Å². The van der Waals surface area contributed by atoms with E-state index in [9.17, 15) is 0 Å². The molecule has 3 heterocycles. The van der Waals surface area contributed by atoms with Crippen LogP contribution < -0.4 is 4.74 Å². The first-order valence-corrected chi connectivity index (χ1v) is 17.6. The Balaban J connectivity index is 0.00000360. The van der Waals surface area contributed by atoms with Crippen molar-refractivity contribution in [3.63, 3.8) is 0 Å². The maximum atomic E-state index is 6.48. The van der Waals surface area contributed by atoms with E-state index in [1.165, 1.54) is 38.9 Å². The molecule has 8 aromatic rings. The number of aromatic nitrogens is 2. The summed E-state index contributed by atoms with van der Waals surface area (Å²) >= 11 is 0. The monoisotopic (exact) mass is 853 g/mol. The normalized spacial score (nSPS) is 14.0. The first-order valence-electron chi connectivity index (χ1n) is 17.6. The van der Waals surface area contributed by atoms with Crippen LogP contribution in [0.25, 0.3) is 55.6 Å². The Morgan fingerprint density at radius 1 is 0.654 bits per heavy atom. The molecule has 4 nitrogen and oxygen atoms in total. The second-order valence-electron chi connectivity index (χ2n) is 14.4. The van der Waals surface area contributed by atoms with Crippen molar-refractivity contribution in [2.75, 3.05) is 0 Å². The molecule has 2 aliphatic carbocycles. The number of fused-ring (bicyclic) bond motifs is 5. The smallest absolute Gasteiger partial charge is 0.460 e. The molecule has 2 aliphatic rings. The summed E-state index contributed by atoms with van der Waals surface area (Å²) in [5.74, 6) is 1.07. The van der Waals surface area contributed by atoms with E-state index >= 15 is 0 Å². The molecule has 3 aromatic heterocycles. The van der Waals surface area contributed by atoms with Gasteiger partial charge in [-0.15, -0.1) is 17.7 Å². The number of benzene rings is 5. The van der Waals surface area contributed by atoms with E-state index < -0.39 is 0 Å². The minimum atomic E-state index is 0. The number of hydrogen-bond donors (Lipinski definition) is 0. The van der Waals surface area contributed by atoms with Gasteiger partial charge in [-0.2, -0.15) is 30.3 Å². The van der Waals surface area contributed by atoms with Crippen LogP contribution in [0.1, 0.15) is 33.4 Å². The van der Waals surface area contributed by atoms with Crippen molar-refractivity contribution in [1.29, 1.82) is 0 Å². The van der Waals surface area contributed by atoms with Crippen molar-refractivity contribution in [3.05, 3.63) is 167 Å². The predicted molar refractivity (Wildman–Crippen MR) is 203 cm³/mol. The van der Waals surface area contributed by atoms with Crippen molar-refractivity contribution in [3.8, 4) is 45.3 Å². The van der Waals surface area contributed by atoms with E-state index in [1.54, 1.807) is 0 Å². The van der Waals surface area contributed by atoms with Crippen LogP contribution in [0.3, 0.4) is 0 Å². The third kappa shape index (κ3) is 5.67. The minimum absolute atomic E-state index is 0.